The van der Waals surface area contributed by atoms with Crippen LogP contribution in [0.5, 0.6) is 0 Å². The topological polar surface area (TPSA) is 62.5 Å². The summed E-state index contributed by atoms with van der Waals surface area (Å²) in [5.74, 6) is 0. The summed E-state index contributed by atoms with van der Waals surface area (Å²) in [6.07, 6.45) is 8.73. The summed E-state index contributed by atoms with van der Waals surface area (Å²) in [5, 5.41) is 12.8. The number of aromatic nitrogens is 1. The number of rotatable bonds is 3. The zero-order valence-corrected chi connectivity index (χ0v) is 13.7. The van der Waals surface area contributed by atoms with Gasteiger partial charge in [0.15, 0.2) is 0 Å². The standard InChI is InChI=1S/C18H22N4O2/c23-22(24)18-6-5-17(15-7-8-19-13-16(15)18)21-11-9-20(10-12-21)14-3-1-2-4-14/h5-8,13-14H,1-4,9-12H2. The second-order valence-corrected chi connectivity index (χ2v) is 6.74. The SMILES string of the molecule is O=[N+]([O-])c1ccc(N2CCN(C3CCCC3)CC2)c2ccncc12. The minimum atomic E-state index is -0.328. The van der Waals surface area contributed by atoms with Crippen molar-refractivity contribution in [3.63, 3.8) is 0 Å². The van der Waals surface area contributed by atoms with Crippen LogP contribution in [0.4, 0.5) is 11.4 Å². The average molecular weight is 326 g/mol. The second-order valence-electron chi connectivity index (χ2n) is 6.74. The van der Waals surface area contributed by atoms with E-state index in [0.717, 1.165) is 43.3 Å². The van der Waals surface area contributed by atoms with Gasteiger partial charge in [0.05, 0.1) is 10.3 Å². The molecule has 0 amide bonds. The van der Waals surface area contributed by atoms with Crippen LogP contribution < -0.4 is 4.90 Å². The van der Waals surface area contributed by atoms with Crippen LogP contribution in [0.15, 0.2) is 30.6 Å². The Morgan fingerprint density at radius 2 is 1.79 bits per heavy atom. The van der Waals surface area contributed by atoms with E-state index in [-0.39, 0.29) is 10.6 Å². The van der Waals surface area contributed by atoms with Crippen molar-refractivity contribution in [1.29, 1.82) is 0 Å². The average Bonchev–Trinajstić information content (AvgIpc) is 3.15. The van der Waals surface area contributed by atoms with Gasteiger partial charge in [-0.1, -0.05) is 12.8 Å². The Hall–Kier alpha value is -2.21. The maximum Gasteiger partial charge on any atom is 0.278 e. The number of benzene rings is 1. The monoisotopic (exact) mass is 326 g/mol. The van der Waals surface area contributed by atoms with Crippen LogP contribution in [0, 0.1) is 10.1 Å². The number of nitro groups is 1. The maximum absolute atomic E-state index is 11.2. The lowest BCUT2D eigenvalue weighted by molar-refractivity contribution is -0.383. The molecule has 6 nitrogen and oxygen atoms in total. The fraction of sp³-hybridized carbons (Fsp3) is 0.500. The van der Waals surface area contributed by atoms with E-state index in [1.165, 1.54) is 25.7 Å². The van der Waals surface area contributed by atoms with E-state index in [2.05, 4.69) is 14.8 Å². The smallest absolute Gasteiger partial charge is 0.278 e. The van der Waals surface area contributed by atoms with Crippen molar-refractivity contribution >= 4 is 22.1 Å². The normalized spacial score (nSPS) is 19.9. The molecule has 2 heterocycles. The molecule has 1 aliphatic heterocycles. The Labute approximate surface area is 141 Å². The van der Waals surface area contributed by atoms with Crippen LogP contribution in [-0.4, -0.2) is 47.0 Å². The van der Waals surface area contributed by atoms with Gasteiger partial charge >= 0.3 is 0 Å². The van der Waals surface area contributed by atoms with Crippen molar-refractivity contribution < 1.29 is 4.92 Å². The van der Waals surface area contributed by atoms with Gasteiger partial charge in [-0.25, -0.2) is 0 Å². The number of hydrogen-bond acceptors (Lipinski definition) is 5. The van der Waals surface area contributed by atoms with Gasteiger partial charge in [0.25, 0.3) is 5.69 Å². The molecule has 0 radical (unpaired) electrons. The first-order valence-electron chi connectivity index (χ1n) is 8.74. The molecule has 1 aromatic heterocycles. The largest absolute Gasteiger partial charge is 0.368 e. The molecule has 0 N–H and O–H groups in total. The number of anilines is 1. The Morgan fingerprint density at radius 1 is 1.04 bits per heavy atom. The number of piperazine rings is 1. The highest BCUT2D eigenvalue weighted by Crippen LogP contribution is 2.34. The molecule has 0 spiro atoms. The van der Waals surface area contributed by atoms with Gasteiger partial charge in [-0.2, -0.15) is 0 Å². The van der Waals surface area contributed by atoms with Crippen molar-refractivity contribution in [3.8, 4) is 0 Å². The van der Waals surface area contributed by atoms with Crippen molar-refractivity contribution in [3.05, 3.63) is 40.7 Å². The van der Waals surface area contributed by atoms with E-state index in [1.54, 1.807) is 18.5 Å². The molecule has 2 aromatic rings. The Kier molecular flexibility index (Phi) is 4.06. The first-order chi connectivity index (χ1) is 11.7. The second kappa shape index (κ2) is 6.36. The van der Waals surface area contributed by atoms with Crippen molar-refractivity contribution in [1.82, 2.24) is 9.88 Å². The Morgan fingerprint density at radius 3 is 2.50 bits per heavy atom. The summed E-state index contributed by atoms with van der Waals surface area (Å²) < 4.78 is 0. The van der Waals surface area contributed by atoms with Crippen LogP contribution in [-0.2, 0) is 0 Å². The molecule has 0 bridgehead atoms. The number of nitro benzene ring substituents is 1. The number of hydrogen-bond donors (Lipinski definition) is 0. The van der Waals surface area contributed by atoms with Gasteiger partial charge in [-0.15, -0.1) is 0 Å². The Bertz CT molecular complexity index is 750. The van der Waals surface area contributed by atoms with Crippen LogP contribution in [0.1, 0.15) is 25.7 Å². The van der Waals surface area contributed by atoms with E-state index in [4.69, 9.17) is 0 Å². The van der Waals surface area contributed by atoms with Gasteiger partial charge in [-0.05, 0) is 25.0 Å². The van der Waals surface area contributed by atoms with Crippen LogP contribution in [0.3, 0.4) is 0 Å². The molecular formula is C18H22N4O2. The maximum atomic E-state index is 11.2. The van der Waals surface area contributed by atoms with Gasteiger partial charge in [0.2, 0.25) is 0 Å². The van der Waals surface area contributed by atoms with E-state index in [1.807, 2.05) is 12.1 Å². The molecule has 126 valence electrons. The van der Waals surface area contributed by atoms with Crippen LogP contribution in [0.25, 0.3) is 10.8 Å². The zero-order valence-electron chi connectivity index (χ0n) is 13.7. The number of pyridine rings is 1. The summed E-state index contributed by atoms with van der Waals surface area (Å²) in [7, 11) is 0. The minimum Gasteiger partial charge on any atom is -0.368 e. The molecule has 4 rings (SSSR count). The van der Waals surface area contributed by atoms with Crippen molar-refractivity contribution in [2.24, 2.45) is 0 Å². The fourth-order valence-electron chi connectivity index (χ4n) is 4.19. The predicted molar refractivity (Wildman–Crippen MR) is 94.4 cm³/mol. The molecule has 1 aromatic carbocycles. The van der Waals surface area contributed by atoms with E-state index in [0.29, 0.717) is 5.39 Å². The first-order valence-corrected chi connectivity index (χ1v) is 8.74. The molecule has 1 saturated carbocycles. The quantitative estimate of drug-likeness (QED) is 0.640. The fourth-order valence-corrected chi connectivity index (χ4v) is 4.19. The molecule has 6 heteroatoms. The number of fused-ring (bicyclic) bond motifs is 1. The van der Waals surface area contributed by atoms with Gasteiger partial charge in [0, 0.05) is 61.8 Å². The van der Waals surface area contributed by atoms with Crippen molar-refractivity contribution in [2.45, 2.75) is 31.7 Å². The minimum absolute atomic E-state index is 0.131. The van der Waals surface area contributed by atoms with Gasteiger partial charge in [-0.3, -0.25) is 20.0 Å². The number of nitrogens with zero attached hydrogens (tertiary/aromatic N) is 4. The molecule has 0 atom stereocenters. The summed E-state index contributed by atoms with van der Waals surface area (Å²) in [6.45, 7) is 4.11. The van der Waals surface area contributed by atoms with Gasteiger partial charge in [0.1, 0.15) is 0 Å². The summed E-state index contributed by atoms with van der Waals surface area (Å²) in [4.78, 5) is 20.0. The van der Waals surface area contributed by atoms with E-state index in [9.17, 15) is 10.1 Å². The third-order valence-electron chi connectivity index (χ3n) is 5.46. The Balaban J connectivity index is 1.59. The van der Waals surface area contributed by atoms with Crippen LogP contribution in [0.2, 0.25) is 0 Å². The predicted octanol–water partition coefficient (Wildman–Crippen LogP) is 3.21. The van der Waals surface area contributed by atoms with E-state index >= 15 is 0 Å². The summed E-state index contributed by atoms with van der Waals surface area (Å²) in [5.41, 5.74) is 1.22. The summed E-state index contributed by atoms with van der Waals surface area (Å²) in [6, 6.07) is 6.17. The molecule has 1 saturated heterocycles. The first kappa shape index (κ1) is 15.3. The highest BCUT2D eigenvalue weighted by Gasteiger charge is 2.27. The zero-order chi connectivity index (χ0) is 16.5. The van der Waals surface area contributed by atoms with Crippen LogP contribution >= 0.6 is 0 Å². The third-order valence-corrected chi connectivity index (χ3v) is 5.46. The highest BCUT2D eigenvalue weighted by atomic mass is 16.6. The van der Waals surface area contributed by atoms with E-state index < -0.39 is 0 Å². The third kappa shape index (κ3) is 2.71. The number of non-ortho nitro benzene ring substituents is 1. The lowest BCUT2D eigenvalue weighted by Gasteiger charge is -2.39. The molecular weight excluding hydrogens is 304 g/mol. The lowest BCUT2D eigenvalue weighted by atomic mass is 10.1. The molecule has 2 aliphatic rings. The molecule has 24 heavy (non-hydrogen) atoms. The highest BCUT2D eigenvalue weighted by molar-refractivity contribution is 5.99. The molecule has 1 aliphatic carbocycles. The summed E-state index contributed by atoms with van der Waals surface area (Å²) >= 11 is 0. The molecule has 2 fully saturated rings. The molecule has 0 unspecified atom stereocenters. The lowest BCUT2D eigenvalue weighted by Crippen LogP contribution is -2.49. The van der Waals surface area contributed by atoms with Crippen molar-refractivity contribution in [2.75, 3.05) is 31.1 Å². The van der Waals surface area contributed by atoms with Gasteiger partial charge < -0.3 is 4.90 Å².